The second-order valence-electron chi connectivity index (χ2n) is 8.25. The number of alkyl carbamates (subject to hydrolysis) is 1. The van der Waals surface area contributed by atoms with Crippen LogP contribution in [0.15, 0.2) is 48.5 Å². The summed E-state index contributed by atoms with van der Waals surface area (Å²) in [4.78, 5) is 36.1. The summed E-state index contributed by atoms with van der Waals surface area (Å²) in [6.07, 6.45) is -5.80. The van der Waals surface area contributed by atoms with E-state index in [4.69, 9.17) is 9.84 Å². The molecule has 0 unspecified atom stereocenters. The van der Waals surface area contributed by atoms with Crippen molar-refractivity contribution in [2.24, 2.45) is 0 Å². The molecule has 10 heteroatoms. The highest BCUT2D eigenvalue weighted by atomic mass is 19.4. The Morgan fingerprint density at radius 3 is 2.00 bits per heavy atom. The number of amides is 2. The number of ether oxygens (including phenoxy) is 1. The number of hydrogen-bond donors (Lipinski definition) is 2. The fourth-order valence-corrected chi connectivity index (χ4v) is 3.92. The van der Waals surface area contributed by atoms with Crippen LogP contribution < -0.4 is 5.32 Å². The summed E-state index contributed by atoms with van der Waals surface area (Å²) in [5.74, 6) is -3.05. The fraction of sp³-hybridized carbons (Fsp3) is 0.348. The van der Waals surface area contributed by atoms with Gasteiger partial charge in [0, 0.05) is 5.92 Å². The summed E-state index contributed by atoms with van der Waals surface area (Å²) in [6, 6.07) is 15.3. The predicted molar refractivity (Wildman–Crippen MR) is 113 cm³/mol. The lowest BCUT2D eigenvalue weighted by atomic mass is 9.98. The van der Waals surface area contributed by atoms with Crippen molar-refractivity contribution in [3.8, 4) is 11.1 Å². The van der Waals surface area contributed by atoms with Gasteiger partial charge >= 0.3 is 18.2 Å². The first kappa shape index (κ1) is 24.1. The van der Waals surface area contributed by atoms with Gasteiger partial charge in [0.15, 0.2) is 0 Å². The van der Waals surface area contributed by atoms with Crippen molar-refractivity contribution in [3.63, 3.8) is 0 Å². The minimum Gasteiger partial charge on any atom is -0.480 e. The molecule has 0 saturated carbocycles. The minimum atomic E-state index is -4.80. The van der Waals surface area contributed by atoms with Crippen molar-refractivity contribution in [3.05, 3.63) is 59.7 Å². The third kappa shape index (κ3) is 5.63. The number of nitrogens with one attached hydrogen (secondary N) is 1. The first-order valence-electron chi connectivity index (χ1n) is 10.1. The molecule has 2 N–H and O–H groups in total. The zero-order chi connectivity index (χ0) is 24.4. The SMILES string of the molecule is CC(C)(NC(=O)OCC1c2ccccc2-c2ccccc21)C(=O)N(CC(=O)O)CC(F)(F)F. The molecule has 0 spiro atoms. The standard InChI is InChI=1S/C23H23F3N2O5/c1-22(2,20(31)28(11-19(29)30)13-23(24,25)26)27-21(32)33-12-18-16-9-5-3-7-14(16)15-8-4-6-10-17(15)18/h3-10,18H,11-13H2,1-2H3,(H,27,32)(H,29,30). The maximum absolute atomic E-state index is 12.8. The highest BCUT2D eigenvalue weighted by molar-refractivity contribution is 5.91. The van der Waals surface area contributed by atoms with Crippen molar-refractivity contribution >= 4 is 18.0 Å². The van der Waals surface area contributed by atoms with Crippen LogP contribution in [0.2, 0.25) is 0 Å². The maximum atomic E-state index is 12.8. The van der Waals surface area contributed by atoms with Crippen LogP contribution in [0.3, 0.4) is 0 Å². The number of carboxylic acid groups (broad SMARTS) is 1. The molecule has 7 nitrogen and oxygen atoms in total. The molecule has 0 bridgehead atoms. The Morgan fingerprint density at radius 1 is 1.00 bits per heavy atom. The van der Waals surface area contributed by atoms with Gasteiger partial charge in [-0.1, -0.05) is 48.5 Å². The van der Waals surface area contributed by atoms with E-state index < -0.39 is 42.8 Å². The summed E-state index contributed by atoms with van der Waals surface area (Å²) in [5.41, 5.74) is 2.16. The second-order valence-corrected chi connectivity index (χ2v) is 8.25. The van der Waals surface area contributed by atoms with Gasteiger partial charge in [-0.05, 0) is 36.1 Å². The largest absolute Gasteiger partial charge is 0.480 e. The molecule has 0 atom stereocenters. The van der Waals surface area contributed by atoms with Crippen LogP contribution in [-0.2, 0) is 14.3 Å². The van der Waals surface area contributed by atoms with Crippen LogP contribution in [0, 0.1) is 0 Å². The summed E-state index contributed by atoms with van der Waals surface area (Å²) >= 11 is 0. The van der Waals surface area contributed by atoms with Gasteiger partial charge < -0.3 is 20.1 Å². The molecule has 0 fully saturated rings. The van der Waals surface area contributed by atoms with E-state index in [-0.39, 0.29) is 17.4 Å². The van der Waals surface area contributed by atoms with Crippen molar-refractivity contribution in [2.45, 2.75) is 31.5 Å². The average molecular weight is 464 g/mol. The third-order valence-electron chi connectivity index (χ3n) is 5.28. The van der Waals surface area contributed by atoms with Crippen LogP contribution >= 0.6 is 0 Å². The van der Waals surface area contributed by atoms with E-state index in [9.17, 15) is 27.6 Å². The number of carbonyl (C=O) groups is 3. The molecule has 33 heavy (non-hydrogen) atoms. The number of benzene rings is 2. The van der Waals surface area contributed by atoms with Gasteiger partial charge in [0.25, 0.3) is 0 Å². The summed E-state index contributed by atoms with van der Waals surface area (Å²) in [6.45, 7) is -0.600. The minimum absolute atomic E-state index is 0.0501. The quantitative estimate of drug-likeness (QED) is 0.650. The van der Waals surface area contributed by atoms with E-state index in [1.54, 1.807) is 0 Å². The molecule has 3 rings (SSSR count). The average Bonchev–Trinajstić information content (AvgIpc) is 3.03. The molecule has 0 saturated heterocycles. The van der Waals surface area contributed by atoms with Crippen LogP contribution in [0.25, 0.3) is 11.1 Å². The van der Waals surface area contributed by atoms with Gasteiger partial charge in [0.2, 0.25) is 5.91 Å². The lowest BCUT2D eigenvalue weighted by Gasteiger charge is -2.32. The first-order chi connectivity index (χ1) is 15.4. The number of fused-ring (bicyclic) bond motifs is 3. The molecule has 176 valence electrons. The molecule has 2 aromatic carbocycles. The summed E-state index contributed by atoms with van der Waals surface area (Å²) in [5, 5.41) is 11.1. The van der Waals surface area contributed by atoms with Gasteiger partial charge in [0.05, 0.1) is 0 Å². The van der Waals surface area contributed by atoms with Crippen molar-refractivity contribution in [1.82, 2.24) is 10.2 Å². The Morgan fingerprint density at radius 2 is 1.52 bits per heavy atom. The molecule has 1 aliphatic carbocycles. The molecule has 0 aromatic heterocycles. The number of rotatable bonds is 7. The summed E-state index contributed by atoms with van der Waals surface area (Å²) in [7, 11) is 0. The molecule has 2 aromatic rings. The highest BCUT2D eigenvalue weighted by Crippen LogP contribution is 2.44. The van der Waals surface area contributed by atoms with E-state index in [2.05, 4.69) is 5.32 Å². The predicted octanol–water partition coefficient (Wildman–Crippen LogP) is 3.78. The number of halogens is 3. The number of aliphatic carboxylic acids is 1. The number of alkyl halides is 3. The van der Waals surface area contributed by atoms with Crippen LogP contribution in [-0.4, -0.2) is 59.4 Å². The van der Waals surface area contributed by atoms with Crippen molar-refractivity contribution in [1.29, 1.82) is 0 Å². The van der Waals surface area contributed by atoms with E-state index in [1.807, 2.05) is 48.5 Å². The van der Waals surface area contributed by atoms with Gasteiger partial charge in [-0.15, -0.1) is 0 Å². The number of carbonyl (C=O) groups excluding carboxylic acids is 2. The molecular weight excluding hydrogens is 441 g/mol. The zero-order valence-corrected chi connectivity index (χ0v) is 18.0. The topological polar surface area (TPSA) is 95.9 Å². The second kappa shape index (κ2) is 9.13. The number of nitrogens with zero attached hydrogens (tertiary/aromatic N) is 1. The Bertz CT molecular complexity index is 1020. The lowest BCUT2D eigenvalue weighted by molar-refractivity contribution is -0.168. The Balaban J connectivity index is 1.68. The smallest absolute Gasteiger partial charge is 0.408 e. The number of hydrogen-bond acceptors (Lipinski definition) is 4. The van der Waals surface area contributed by atoms with Gasteiger partial charge in [0.1, 0.15) is 25.2 Å². The van der Waals surface area contributed by atoms with E-state index in [1.165, 1.54) is 13.8 Å². The van der Waals surface area contributed by atoms with Gasteiger partial charge in [-0.3, -0.25) is 9.59 Å². The molecule has 2 amide bonds. The first-order valence-corrected chi connectivity index (χ1v) is 10.1. The molecule has 1 aliphatic rings. The fourth-order valence-electron chi connectivity index (χ4n) is 3.92. The Labute approximate surface area is 188 Å². The monoisotopic (exact) mass is 464 g/mol. The third-order valence-corrected chi connectivity index (χ3v) is 5.28. The van der Waals surface area contributed by atoms with Crippen LogP contribution in [0.4, 0.5) is 18.0 Å². The maximum Gasteiger partial charge on any atom is 0.408 e. The Kier molecular flexibility index (Phi) is 6.66. The van der Waals surface area contributed by atoms with E-state index in [0.717, 1.165) is 22.3 Å². The van der Waals surface area contributed by atoms with Gasteiger partial charge in [-0.2, -0.15) is 13.2 Å². The normalized spacial score (nSPS) is 13.1. The molecular formula is C23H23F3N2O5. The van der Waals surface area contributed by atoms with Crippen LogP contribution in [0.5, 0.6) is 0 Å². The Hall–Kier alpha value is -3.56. The lowest BCUT2D eigenvalue weighted by Crippen LogP contribution is -2.58. The zero-order valence-electron chi connectivity index (χ0n) is 18.0. The molecule has 0 aliphatic heterocycles. The molecule has 0 radical (unpaired) electrons. The number of carboxylic acids is 1. The molecule has 0 heterocycles. The summed E-state index contributed by atoms with van der Waals surface area (Å²) < 4.78 is 43.7. The van der Waals surface area contributed by atoms with E-state index in [0.29, 0.717) is 0 Å². The van der Waals surface area contributed by atoms with Crippen molar-refractivity contribution in [2.75, 3.05) is 19.7 Å². The van der Waals surface area contributed by atoms with E-state index >= 15 is 0 Å². The van der Waals surface area contributed by atoms with Crippen LogP contribution in [0.1, 0.15) is 30.9 Å². The van der Waals surface area contributed by atoms with Gasteiger partial charge in [-0.25, -0.2) is 4.79 Å². The highest BCUT2D eigenvalue weighted by Gasteiger charge is 2.41. The van der Waals surface area contributed by atoms with Crippen molar-refractivity contribution < 1.29 is 37.4 Å².